The van der Waals surface area contributed by atoms with Crippen molar-refractivity contribution in [1.29, 1.82) is 0 Å². The maximum atomic E-state index is 11.5. The second-order valence-electron chi connectivity index (χ2n) is 3.62. The van der Waals surface area contributed by atoms with E-state index in [9.17, 15) is 4.79 Å². The van der Waals surface area contributed by atoms with Crippen LogP contribution in [0.2, 0.25) is 0 Å². The molecule has 78 valence electrons. The van der Waals surface area contributed by atoms with E-state index >= 15 is 0 Å². The van der Waals surface area contributed by atoms with Crippen LogP contribution in [0.25, 0.3) is 0 Å². The quantitative estimate of drug-likeness (QED) is 0.708. The maximum Gasteiger partial charge on any atom is 0.197 e. The van der Waals surface area contributed by atoms with Crippen LogP contribution >= 0.6 is 0 Å². The summed E-state index contributed by atoms with van der Waals surface area (Å²) in [6.07, 6.45) is 3.94. The third-order valence-corrected chi connectivity index (χ3v) is 2.32. The van der Waals surface area contributed by atoms with Crippen molar-refractivity contribution in [3.05, 3.63) is 24.2 Å². The monoisotopic (exact) mass is 195 g/mol. The van der Waals surface area contributed by atoms with Gasteiger partial charge in [-0.2, -0.15) is 0 Å². The lowest BCUT2D eigenvalue weighted by molar-refractivity contribution is 0.0947. The van der Waals surface area contributed by atoms with E-state index in [0.717, 1.165) is 12.8 Å². The fourth-order valence-electron chi connectivity index (χ4n) is 1.37. The van der Waals surface area contributed by atoms with Gasteiger partial charge in [0.05, 0.1) is 6.26 Å². The van der Waals surface area contributed by atoms with Crippen molar-refractivity contribution < 1.29 is 9.21 Å². The minimum Gasteiger partial charge on any atom is -0.461 e. The van der Waals surface area contributed by atoms with Crippen LogP contribution < -0.4 is 5.73 Å². The smallest absolute Gasteiger partial charge is 0.197 e. The van der Waals surface area contributed by atoms with Crippen molar-refractivity contribution in [3.8, 4) is 0 Å². The van der Waals surface area contributed by atoms with E-state index in [1.807, 2.05) is 0 Å². The van der Waals surface area contributed by atoms with Gasteiger partial charge in [-0.25, -0.2) is 0 Å². The standard InChI is InChI=1S/C11H17NO2/c1-9(6-7-12)4-5-10(13)11-3-2-8-14-11/h2-3,8-9H,4-7,12H2,1H3. The van der Waals surface area contributed by atoms with Gasteiger partial charge < -0.3 is 10.2 Å². The molecule has 1 aromatic rings. The van der Waals surface area contributed by atoms with Crippen LogP contribution in [0, 0.1) is 5.92 Å². The number of rotatable bonds is 6. The summed E-state index contributed by atoms with van der Waals surface area (Å²) < 4.78 is 5.01. The van der Waals surface area contributed by atoms with Gasteiger partial charge in [-0.05, 0) is 37.4 Å². The first-order valence-corrected chi connectivity index (χ1v) is 5.00. The number of furan rings is 1. The molecule has 3 heteroatoms. The van der Waals surface area contributed by atoms with Crippen molar-refractivity contribution in [3.63, 3.8) is 0 Å². The Morgan fingerprint density at radius 2 is 2.36 bits per heavy atom. The number of Topliss-reactive ketones (excluding diaryl/α,β-unsaturated/α-hetero) is 1. The topological polar surface area (TPSA) is 56.2 Å². The van der Waals surface area contributed by atoms with Crippen LogP contribution in [0.5, 0.6) is 0 Å². The van der Waals surface area contributed by atoms with Crippen LogP contribution in [-0.2, 0) is 0 Å². The second-order valence-corrected chi connectivity index (χ2v) is 3.62. The molecule has 14 heavy (non-hydrogen) atoms. The molecular weight excluding hydrogens is 178 g/mol. The predicted octanol–water partition coefficient (Wildman–Crippen LogP) is 2.23. The lowest BCUT2D eigenvalue weighted by atomic mass is 10.00. The molecule has 0 spiro atoms. The Kier molecular flexibility index (Phi) is 4.40. The third kappa shape index (κ3) is 3.34. The third-order valence-electron chi connectivity index (χ3n) is 2.32. The Morgan fingerprint density at radius 3 is 2.93 bits per heavy atom. The van der Waals surface area contributed by atoms with Crippen LogP contribution in [0.4, 0.5) is 0 Å². The molecule has 1 heterocycles. The first-order chi connectivity index (χ1) is 6.74. The number of hydrogen-bond donors (Lipinski definition) is 1. The summed E-state index contributed by atoms with van der Waals surface area (Å²) in [4.78, 5) is 11.5. The van der Waals surface area contributed by atoms with Crippen molar-refractivity contribution in [2.75, 3.05) is 6.54 Å². The average molecular weight is 195 g/mol. The molecule has 2 N–H and O–H groups in total. The summed E-state index contributed by atoms with van der Waals surface area (Å²) in [6, 6.07) is 3.44. The summed E-state index contributed by atoms with van der Waals surface area (Å²) >= 11 is 0. The van der Waals surface area contributed by atoms with Gasteiger partial charge >= 0.3 is 0 Å². The van der Waals surface area contributed by atoms with E-state index in [4.69, 9.17) is 10.2 Å². The first kappa shape index (κ1) is 11.0. The van der Waals surface area contributed by atoms with E-state index in [-0.39, 0.29) is 5.78 Å². The molecule has 1 rings (SSSR count). The van der Waals surface area contributed by atoms with Gasteiger partial charge in [0.2, 0.25) is 0 Å². The molecule has 3 nitrogen and oxygen atoms in total. The molecule has 0 amide bonds. The summed E-state index contributed by atoms with van der Waals surface area (Å²) in [7, 11) is 0. The lowest BCUT2D eigenvalue weighted by Gasteiger charge is -2.07. The van der Waals surface area contributed by atoms with E-state index in [0.29, 0.717) is 24.6 Å². The van der Waals surface area contributed by atoms with E-state index in [1.165, 1.54) is 6.26 Å². The number of carbonyl (C=O) groups is 1. The minimum absolute atomic E-state index is 0.0823. The van der Waals surface area contributed by atoms with Crippen LogP contribution in [0.1, 0.15) is 36.7 Å². The Bertz CT molecular complexity index is 267. The molecule has 0 radical (unpaired) electrons. The maximum absolute atomic E-state index is 11.5. The van der Waals surface area contributed by atoms with Gasteiger partial charge in [0.1, 0.15) is 0 Å². The molecule has 0 aliphatic heterocycles. The van der Waals surface area contributed by atoms with Gasteiger partial charge in [-0.3, -0.25) is 4.79 Å². The Balaban J connectivity index is 2.28. The van der Waals surface area contributed by atoms with Crippen LogP contribution in [0.15, 0.2) is 22.8 Å². The Morgan fingerprint density at radius 1 is 1.57 bits per heavy atom. The minimum atomic E-state index is 0.0823. The number of ketones is 1. The van der Waals surface area contributed by atoms with Gasteiger partial charge in [0.15, 0.2) is 11.5 Å². The van der Waals surface area contributed by atoms with Gasteiger partial charge in [0.25, 0.3) is 0 Å². The highest BCUT2D eigenvalue weighted by Gasteiger charge is 2.10. The second kappa shape index (κ2) is 5.60. The van der Waals surface area contributed by atoms with Crippen molar-refractivity contribution in [1.82, 2.24) is 0 Å². The first-order valence-electron chi connectivity index (χ1n) is 5.00. The zero-order valence-corrected chi connectivity index (χ0v) is 8.53. The summed E-state index contributed by atoms with van der Waals surface area (Å²) in [5.74, 6) is 1.06. The predicted molar refractivity (Wildman–Crippen MR) is 55.1 cm³/mol. The van der Waals surface area contributed by atoms with Gasteiger partial charge in [0, 0.05) is 6.42 Å². The molecular formula is C11H17NO2. The highest BCUT2D eigenvalue weighted by Crippen LogP contribution is 2.13. The normalized spacial score (nSPS) is 12.7. The molecule has 0 saturated heterocycles. The van der Waals surface area contributed by atoms with E-state index in [1.54, 1.807) is 12.1 Å². The SMILES string of the molecule is CC(CCN)CCC(=O)c1ccco1. The van der Waals surface area contributed by atoms with Crippen molar-refractivity contribution >= 4 is 5.78 Å². The van der Waals surface area contributed by atoms with E-state index in [2.05, 4.69) is 6.92 Å². The zero-order valence-electron chi connectivity index (χ0n) is 8.53. The molecule has 0 saturated carbocycles. The van der Waals surface area contributed by atoms with Crippen LogP contribution in [0.3, 0.4) is 0 Å². The van der Waals surface area contributed by atoms with Crippen molar-refractivity contribution in [2.24, 2.45) is 11.7 Å². The molecule has 0 aromatic carbocycles. The van der Waals surface area contributed by atoms with Crippen molar-refractivity contribution in [2.45, 2.75) is 26.2 Å². The molecule has 1 atom stereocenters. The molecule has 0 fully saturated rings. The zero-order chi connectivity index (χ0) is 10.4. The fourth-order valence-corrected chi connectivity index (χ4v) is 1.37. The number of nitrogens with two attached hydrogens (primary N) is 1. The number of hydrogen-bond acceptors (Lipinski definition) is 3. The van der Waals surface area contributed by atoms with Gasteiger partial charge in [-0.15, -0.1) is 0 Å². The molecule has 0 aliphatic carbocycles. The molecule has 0 aliphatic rings. The molecule has 1 aromatic heterocycles. The summed E-state index contributed by atoms with van der Waals surface area (Å²) in [5, 5.41) is 0. The van der Waals surface area contributed by atoms with Gasteiger partial charge in [-0.1, -0.05) is 6.92 Å². The molecule has 1 unspecified atom stereocenters. The summed E-state index contributed by atoms with van der Waals surface area (Å²) in [6.45, 7) is 2.80. The molecule has 0 bridgehead atoms. The largest absolute Gasteiger partial charge is 0.461 e. The Labute approximate surface area is 84.3 Å². The highest BCUT2D eigenvalue weighted by molar-refractivity contribution is 5.93. The summed E-state index contributed by atoms with van der Waals surface area (Å²) in [5.41, 5.74) is 5.43. The fraction of sp³-hybridized carbons (Fsp3) is 0.545. The lowest BCUT2D eigenvalue weighted by Crippen LogP contribution is -2.07. The average Bonchev–Trinajstić information content (AvgIpc) is 2.67. The van der Waals surface area contributed by atoms with Crippen LogP contribution in [-0.4, -0.2) is 12.3 Å². The highest BCUT2D eigenvalue weighted by atomic mass is 16.3. The Hall–Kier alpha value is -1.09. The number of carbonyl (C=O) groups excluding carboxylic acids is 1. The van der Waals surface area contributed by atoms with E-state index < -0.39 is 0 Å².